The van der Waals surface area contributed by atoms with Gasteiger partial charge in [-0.05, 0) is 35.9 Å². The second kappa shape index (κ2) is 6.29. The number of fused-ring (bicyclic) bond motifs is 1. The molecule has 128 valence electrons. The Balaban J connectivity index is 1.94. The van der Waals surface area contributed by atoms with E-state index < -0.39 is 0 Å². The first-order valence-corrected chi connectivity index (χ1v) is 8.26. The van der Waals surface area contributed by atoms with Gasteiger partial charge < -0.3 is 22.1 Å². The molecule has 1 heterocycles. The zero-order chi connectivity index (χ0) is 18.1. The van der Waals surface area contributed by atoms with Gasteiger partial charge in [0.1, 0.15) is 0 Å². The minimum atomic E-state index is -0.175. The van der Waals surface area contributed by atoms with Crippen LogP contribution in [0.25, 0.3) is 11.3 Å². The number of anilines is 4. The van der Waals surface area contributed by atoms with Crippen molar-refractivity contribution in [3.63, 3.8) is 0 Å². The maximum Gasteiger partial charge on any atom is 0.258 e. The van der Waals surface area contributed by atoms with Gasteiger partial charge in [0.25, 0.3) is 5.91 Å². The van der Waals surface area contributed by atoms with E-state index in [0.29, 0.717) is 22.6 Å². The number of hydrogen-bond acceptors (Lipinski definition) is 4. The van der Waals surface area contributed by atoms with Crippen molar-refractivity contribution in [2.45, 2.75) is 0 Å². The maximum atomic E-state index is 12.8. The second-order valence-corrected chi connectivity index (χ2v) is 6.09. The Labute approximate surface area is 151 Å². The average Bonchev–Trinajstić information content (AvgIpc) is 2.97. The highest BCUT2D eigenvalue weighted by molar-refractivity contribution is 6.37. The number of para-hydroxylation sites is 2. The Morgan fingerprint density at radius 2 is 1.62 bits per heavy atom. The first-order chi connectivity index (χ1) is 12.6. The van der Waals surface area contributed by atoms with E-state index in [1.807, 2.05) is 66.7 Å². The molecule has 6 N–H and O–H groups in total. The maximum absolute atomic E-state index is 12.8. The largest absolute Gasteiger partial charge is 0.399 e. The molecule has 3 aromatic rings. The summed E-state index contributed by atoms with van der Waals surface area (Å²) in [7, 11) is 0. The van der Waals surface area contributed by atoms with Gasteiger partial charge >= 0.3 is 0 Å². The van der Waals surface area contributed by atoms with Crippen molar-refractivity contribution in [2.75, 3.05) is 22.1 Å². The summed E-state index contributed by atoms with van der Waals surface area (Å²) >= 11 is 0. The zero-order valence-corrected chi connectivity index (χ0v) is 14.0. The van der Waals surface area contributed by atoms with Crippen LogP contribution in [-0.4, -0.2) is 5.91 Å². The van der Waals surface area contributed by atoms with Crippen LogP contribution in [0.15, 0.2) is 72.8 Å². The van der Waals surface area contributed by atoms with E-state index in [0.717, 1.165) is 22.5 Å². The minimum absolute atomic E-state index is 0.175. The van der Waals surface area contributed by atoms with Crippen molar-refractivity contribution in [1.82, 2.24) is 0 Å². The predicted molar refractivity (Wildman–Crippen MR) is 107 cm³/mol. The molecule has 5 heteroatoms. The smallest absolute Gasteiger partial charge is 0.258 e. The molecule has 0 saturated carbocycles. The third kappa shape index (κ3) is 2.75. The number of hydrogen-bond donors (Lipinski definition) is 4. The highest BCUT2D eigenvalue weighted by atomic mass is 16.2. The highest BCUT2D eigenvalue weighted by Crippen LogP contribution is 2.38. The molecule has 0 saturated heterocycles. The average molecular weight is 342 g/mol. The van der Waals surface area contributed by atoms with Gasteiger partial charge in [0.05, 0.1) is 22.6 Å². The molecule has 1 aliphatic rings. The summed E-state index contributed by atoms with van der Waals surface area (Å²) in [5.74, 6) is -0.175. The second-order valence-electron chi connectivity index (χ2n) is 6.09. The summed E-state index contributed by atoms with van der Waals surface area (Å²) in [6, 6.07) is 22.5. The Bertz CT molecular complexity index is 1030. The van der Waals surface area contributed by atoms with Crippen molar-refractivity contribution >= 4 is 39.9 Å². The number of nitrogens with two attached hydrogens (primary N) is 2. The summed E-state index contributed by atoms with van der Waals surface area (Å²) in [5, 5.41) is 6.25. The standard InChI is InChI=1S/C21H18N4O/c22-14-10-11-17-15(12-14)19(21(26)25-17)20(13-6-2-1-3-7-13)24-18-9-5-4-8-16(18)23/h1-12,24H,22-23H2,(H,25,26)/b20-19-. The molecule has 0 radical (unpaired) electrons. The van der Waals surface area contributed by atoms with Crippen molar-refractivity contribution in [3.05, 3.63) is 83.9 Å². The predicted octanol–water partition coefficient (Wildman–Crippen LogP) is 3.78. The van der Waals surface area contributed by atoms with E-state index >= 15 is 0 Å². The van der Waals surface area contributed by atoms with Crippen LogP contribution in [0.3, 0.4) is 0 Å². The fourth-order valence-electron chi connectivity index (χ4n) is 3.06. The number of carbonyl (C=O) groups is 1. The number of benzene rings is 3. The van der Waals surface area contributed by atoms with E-state index in [1.54, 1.807) is 6.07 Å². The van der Waals surface area contributed by atoms with Crippen molar-refractivity contribution in [3.8, 4) is 0 Å². The van der Waals surface area contributed by atoms with Gasteiger partial charge in [0.15, 0.2) is 0 Å². The van der Waals surface area contributed by atoms with Crippen LogP contribution in [-0.2, 0) is 4.79 Å². The quantitative estimate of drug-likeness (QED) is 0.430. The molecule has 0 aliphatic carbocycles. The molecule has 5 nitrogen and oxygen atoms in total. The Hall–Kier alpha value is -3.73. The lowest BCUT2D eigenvalue weighted by Crippen LogP contribution is -2.10. The lowest BCUT2D eigenvalue weighted by molar-refractivity contribution is -0.110. The van der Waals surface area contributed by atoms with Crippen LogP contribution in [0.1, 0.15) is 11.1 Å². The number of rotatable bonds is 3. The molecule has 26 heavy (non-hydrogen) atoms. The van der Waals surface area contributed by atoms with E-state index in [-0.39, 0.29) is 5.91 Å². The summed E-state index contributed by atoms with van der Waals surface area (Å²) in [5.41, 5.74) is 17.6. The third-order valence-electron chi connectivity index (χ3n) is 4.32. The van der Waals surface area contributed by atoms with Gasteiger partial charge in [-0.1, -0.05) is 42.5 Å². The third-order valence-corrected chi connectivity index (χ3v) is 4.32. The van der Waals surface area contributed by atoms with Crippen LogP contribution >= 0.6 is 0 Å². The lowest BCUT2D eigenvalue weighted by atomic mass is 9.99. The van der Waals surface area contributed by atoms with Gasteiger partial charge in [-0.25, -0.2) is 0 Å². The fraction of sp³-hybridized carbons (Fsp3) is 0. The van der Waals surface area contributed by atoms with Gasteiger partial charge in [-0.2, -0.15) is 0 Å². The number of amides is 1. The van der Waals surface area contributed by atoms with E-state index in [9.17, 15) is 4.79 Å². The topological polar surface area (TPSA) is 93.2 Å². The summed E-state index contributed by atoms with van der Waals surface area (Å²) in [6.07, 6.45) is 0. The fourth-order valence-corrected chi connectivity index (χ4v) is 3.06. The Kier molecular flexibility index (Phi) is 3.82. The van der Waals surface area contributed by atoms with Gasteiger partial charge in [0, 0.05) is 16.9 Å². The molecule has 0 fully saturated rings. The first kappa shape index (κ1) is 15.8. The molecular formula is C21H18N4O. The molecule has 3 aromatic carbocycles. The van der Waals surface area contributed by atoms with Crippen LogP contribution in [0, 0.1) is 0 Å². The van der Waals surface area contributed by atoms with Gasteiger partial charge in [-0.3, -0.25) is 4.79 Å². The Morgan fingerprint density at radius 1 is 0.885 bits per heavy atom. The SMILES string of the molecule is Nc1ccc2c(c1)/C(=C(/Nc1ccccc1N)c1ccccc1)C(=O)N2. The first-order valence-electron chi connectivity index (χ1n) is 8.26. The molecule has 0 atom stereocenters. The molecule has 0 aromatic heterocycles. The lowest BCUT2D eigenvalue weighted by Gasteiger charge is -2.16. The summed E-state index contributed by atoms with van der Waals surface area (Å²) < 4.78 is 0. The molecule has 1 aliphatic heterocycles. The van der Waals surface area contributed by atoms with Crippen molar-refractivity contribution < 1.29 is 4.79 Å². The van der Waals surface area contributed by atoms with Crippen LogP contribution < -0.4 is 22.1 Å². The molecule has 0 bridgehead atoms. The van der Waals surface area contributed by atoms with E-state index in [4.69, 9.17) is 11.5 Å². The molecular weight excluding hydrogens is 324 g/mol. The van der Waals surface area contributed by atoms with Gasteiger partial charge in [0.2, 0.25) is 0 Å². The monoisotopic (exact) mass is 342 g/mol. The number of nitrogen functional groups attached to an aromatic ring is 2. The van der Waals surface area contributed by atoms with Gasteiger partial charge in [-0.15, -0.1) is 0 Å². The van der Waals surface area contributed by atoms with Crippen LogP contribution in [0.4, 0.5) is 22.7 Å². The highest BCUT2D eigenvalue weighted by Gasteiger charge is 2.28. The number of carbonyl (C=O) groups excluding carboxylic acids is 1. The molecule has 4 rings (SSSR count). The molecule has 1 amide bonds. The van der Waals surface area contributed by atoms with E-state index in [1.165, 1.54) is 0 Å². The van der Waals surface area contributed by atoms with Crippen molar-refractivity contribution in [2.24, 2.45) is 0 Å². The molecule has 0 unspecified atom stereocenters. The van der Waals surface area contributed by atoms with E-state index in [2.05, 4.69) is 10.6 Å². The number of nitrogens with one attached hydrogen (secondary N) is 2. The normalized spacial score (nSPS) is 14.5. The summed E-state index contributed by atoms with van der Waals surface area (Å²) in [4.78, 5) is 12.8. The zero-order valence-electron chi connectivity index (χ0n) is 14.0. The summed E-state index contributed by atoms with van der Waals surface area (Å²) in [6.45, 7) is 0. The van der Waals surface area contributed by atoms with Crippen LogP contribution in [0.5, 0.6) is 0 Å². The van der Waals surface area contributed by atoms with Crippen LogP contribution in [0.2, 0.25) is 0 Å². The minimum Gasteiger partial charge on any atom is -0.399 e. The molecule has 0 spiro atoms. The Morgan fingerprint density at radius 3 is 2.38 bits per heavy atom. The van der Waals surface area contributed by atoms with Crippen molar-refractivity contribution in [1.29, 1.82) is 0 Å².